The van der Waals surface area contributed by atoms with Gasteiger partial charge < -0.3 is 21.7 Å². The summed E-state index contributed by atoms with van der Waals surface area (Å²) in [5, 5.41) is 7.88. The van der Waals surface area contributed by atoms with Gasteiger partial charge in [0.25, 0.3) is 0 Å². The summed E-state index contributed by atoms with van der Waals surface area (Å²) < 4.78 is 0. The van der Waals surface area contributed by atoms with Crippen LogP contribution >= 0.6 is 0 Å². The molecule has 7 nitrogen and oxygen atoms in total. The van der Waals surface area contributed by atoms with E-state index in [0.29, 0.717) is 6.54 Å². The van der Waals surface area contributed by atoms with Crippen LogP contribution in [0.2, 0.25) is 0 Å². The lowest BCUT2D eigenvalue weighted by Gasteiger charge is -2.00. The largest absolute Gasteiger partial charge is 0.352 e. The molecule has 5 N–H and O–H groups in total. The van der Waals surface area contributed by atoms with E-state index >= 15 is 0 Å². The lowest BCUT2D eigenvalue weighted by Crippen LogP contribution is -2.30. The predicted octanol–water partition coefficient (Wildman–Crippen LogP) is 1.81. The molecule has 0 fully saturated rings. The summed E-state index contributed by atoms with van der Waals surface area (Å²) in [6.07, 6.45) is 3.29. The summed E-state index contributed by atoms with van der Waals surface area (Å²) in [4.78, 5) is 30.3. The molecule has 0 unspecified atom stereocenters. The third-order valence-electron chi connectivity index (χ3n) is 1.74. The minimum atomic E-state index is -0.440. The molecule has 0 aromatic heterocycles. The van der Waals surface area contributed by atoms with E-state index in [1.54, 1.807) is 0 Å². The van der Waals surface area contributed by atoms with Gasteiger partial charge >= 0.3 is 6.03 Å². The molecule has 0 heterocycles. The Hall–Kier alpha value is -1.63. The first-order valence-electron chi connectivity index (χ1n) is 8.23. The van der Waals surface area contributed by atoms with Crippen molar-refractivity contribution in [2.75, 3.05) is 26.7 Å². The molecule has 23 heavy (non-hydrogen) atoms. The van der Waals surface area contributed by atoms with Crippen LogP contribution < -0.4 is 21.7 Å². The van der Waals surface area contributed by atoms with E-state index in [0.717, 1.165) is 19.4 Å². The number of hydrogen-bond acceptors (Lipinski definition) is 4. The minimum absolute atomic E-state index is 0.0276. The van der Waals surface area contributed by atoms with Gasteiger partial charge in [0.2, 0.25) is 5.91 Å². The van der Waals surface area contributed by atoms with E-state index in [4.69, 9.17) is 5.73 Å². The van der Waals surface area contributed by atoms with E-state index in [2.05, 4.69) is 29.8 Å². The van der Waals surface area contributed by atoms with Crippen LogP contribution in [0.1, 0.15) is 60.8 Å². The standard InChI is InChI=1S/C6H15N3O.C5H9NO2.C3H8.C2H6/c1-8-4-2-3-5-9-6(7)10;1-4(7)3-6-5(2)8;1-3-2;1-2/h8H,2-5H2,1H3,(H3,7,9,10);3H2,1-2H3,(H,6,8);3H2,1-2H3;1-2H3. The fourth-order valence-corrected chi connectivity index (χ4v) is 0.887. The summed E-state index contributed by atoms with van der Waals surface area (Å²) in [7, 11) is 1.90. The number of amides is 3. The highest BCUT2D eigenvalue weighted by molar-refractivity contribution is 5.83. The Kier molecular flexibility index (Phi) is 36.4. The topological polar surface area (TPSA) is 113 Å². The van der Waals surface area contributed by atoms with Crippen molar-refractivity contribution in [2.45, 2.75) is 60.8 Å². The second-order valence-electron chi connectivity index (χ2n) is 4.42. The first-order valence-corrected chi connectivity index (χ1v) is 8.23. The fourth-order valence-electron chi connectivity index (χ4n) is 0.887. The van der Waals surface area contributed by atoms with Crippen molar-refractivity contribution in [1.82, 2.24) is 16.0 Å². The van der Waals surface area contributed by atoms with E-state index in [-0.39, 0.29) is 18.2 Å². The molecule has 140 valence electrons. The number of carbonyl (C=O) groups is 3. The highest BCUT2D eigenvalue weighted by Crippen LogP contribution is 1.82. The van der Waals surface area contributed by atoms with Gasteiger partial charge in [-0.25, -0.2) is 4.79 Å². The molecule has 0 aromatic carbocycles. The van der Waals surface area contributed by atoms with Crippen molar-refractivity contribution < 1.29 is 14.4 Å². The second kappa shape index (κ2) is 28.5. The third kappa shape index (κ3) is 63.9. The van der Waals surface area contributed by atoms with Gasteiger partial charge in [0.15, 0.2) is 0 Å². The monoisotopic (exact) mass is 334 g/mol. The summed E-state index contributed by atoms with van der Waals surface area (Å²) in [6, 6.07) is -0.440. The van der Waals surface area contributed by atoms with E-state index in [1.807, 2.05) is 20.9 Å². The smallest absolute Gasteiger partial charge is 0.312 e. The molecule has 0 aliphatic heterocycles. The number of nitrogens with one attached hydrogen (secondary N) is 3. The predicted molar refractivity (Wildman–Crippen MR) is 97.4 cm³/mol. The second-order valence-corrected chi connectivity index (χ2v) is 4.42. The minimum Gasteiger partial charge on any atom is -0.352 e. The highest BCUT2D eigenvalue weighted by Gasteiger charge is 1.91. The first kappa shape index (κ1) is 29.4. The Morgan fingerprint density at radius 3 is 1.61 bits per heavy atom. The number of rotatable bonds is 7. The van der Waals surface area contributed by atoms with Crippen molar-refractivity contribution in [1.29, 1.82) is 0 Å². The molecule has 0 aliphatic rings. The lowest BCUT2D eigenvalue weighted by molar-refractivity contribution is -0.123. The molecule has 0 bridgehead atoms. The zero-order chi connectivity index (χ0) is 19.1. The Morgan fingerprint density at radius 2 is 1.35 bits per heavy atom. The van der Waals surface area contributed by atoms with Gasteiger partial charge in [0, 0.05) is 13.5 Å². The van der Waals surface area contributed by atoms with Crippen molar-refractivity contribution >= 4 is 17.7 Å². The van der Waals surface area contributed by atoms with Crippen LogP contribution in [0.3, 0.4) is 0 Å². The quantitative estimate of drug-likeness (QED) is 0.532. The van der Waals surface area contributed by atoms with Crippen LogP contribution in [0.4, 0.5) is 4.79 Å². The van der Waals surface area contributed by atoms with E-state index in [1.165, 1.54) is 20.3 Å². The van der Waals surface area contributed by atoms with Gasteiger partial charge in [-0.05, 0) is 33.4 Å². The van der Waals surface area contributed by atoms with Crippen molar-refractivity contribution in [3.63, 3.8) is 0 Å². The summed E-state index contributed by atoms with van der Waals surface area (Å²) in [6.45, 7) is 12.9. The van der Waals surface area contributed by atoms with Crippen LogP contribution in [0.15, 0.2) is 0 Å². The zero-order valence-corrected chi connectivity index (χ0v) is 16.0. The van der Waals surface area contributed by atoms with Gasteiger partial charge in [-0.1, -0.05) is 34.1 Å². The Labute approximate surface area is 142 Å². The summed E-state index contributed by atoms with van der Waals surface area (Å²) in [5.41, 5.74) is 4.84. The molecular weight excluding hydrogens is 296 g/mol. The van der Waals surface area contributed by atoms with Crippen LogP contribution in [0, 0.1) is 0 Å². The average molecular weight is 335 g/mol. The lowest BCUT2D eigenvalue weighted by atomic mass is 10.3. The molecular formula is C16H38N4O3. The maximum absolute atomic E-state index is 10.1. The first-order chi connectivity index (χ1) is 10.8. The number of hydrogen-bond donors (Lipinski definition) is 4. The molecule has 0 aromatic rings. The number of unbranched alkanes of at least 4 members (excludes halogenated alkanes) is 1. The van der Waals surface area contributed by atoms with Gasteiger partial charge in [-0.2, -0.15) is 0 Å². The number of carbonyl (C=O) groups excluding carboxylic acids is 3. The summed E-state index contributed by atoms with van der Waals surface area (Å²) in [5.74, 6) is -0.194. The van der Waals surface area contributed by atoms with Crippen LogP contribution in [0.5, 0.6) is 0 Å². The number of ketones is 1. The maximum atomic E-state index is 10.1. The van der Waals surface area contributed by atoms with Crippen molar-refractivity contribution in [3.05, 3.63) is 0 Å². The molecule has 0 aliphatic carbocycles. The average Bonchev–Trinajstić information content (AvgIpc) is 2.48. The van der Waals surface area contributed by atoms with Gasteiger partial charge in [-0.3, -0.25) is 9.59 Å². The molecule has 0 rings (SSSR count). The van der Waals surface area contributed by atoms with Crippen molar-refractivity contribution in [3.8, 4) is 0 Å². The van der Waals surface area contributed by atoms with Gasteiger partial charge in [0.05, 0.1) is 6.54 Å². The molecule has 7 heteroatoms. The number of nitrogens with two attached hydrogens (primary N) is 1. The normalized spacial score (nSPS) is 7.96. The maximum Gasteiger partial charge on any atom is 0.312 e. The number of primary amides is 1. The Bertz CT molecular complexity index is 258. The SMILES string of the molecule is CC.CC(=O)CNC(C)=O.CCC.CNCCCCNC(N)=O. The van der Waals surface area contributed by atoms with E-state index < -0.39 is 6.03 Å². The van der Waals surface area contributed by atoms with Crippen LogP contribution in [-0.2, 0) is 9.59 Å². The Balaban J connectivity index is -0.000000124. The van der Waals surface area contributed by atoms with Crippen LogP contribution in [-0.4, -0.2) is 44.4 Å². The Morgan fingerprint density at radius 1 is 0.913 bits per heavy atom. The third-order valence-corrected chi connectivity index (χ3v) is 1.74. The number of Topliss-reactive ketones (excluding diaryl/α,β-unsaturated/α-hetero) is 1. The molecule has 0 atom stereocenters. The molecule has 3 amide bonds. The molecule has 0 radical (unpaired) electrons. The number of urea groups is 1. The zero-order valence-electron chi connectivity index (χ0n) is 16.0. The highest BCUT2D eigenvalue weighted by atomic mass is 16.2. The summed E-state index contributed by atoms with van der Waals surface area (Å²) >= 11 is 0. The molecule has 0 saturated carbocycles. The molecule has 0 spiro atoms. The van der Waals surface area contributed by atoms with Crippen molar-refractivity contribution in [2.24, 2.45) is 5.73 Å². The fraction of sp³-hybridized carbons (Fsp3) is 0.812. The van der Waals surface area contributed by atoms with Crippen LogP contribution in [0.25, 0.3) is 0 Å². The van der Waals surface area contributed by atoms with E-state index in [9.17, 15) is 14.4 Å². The van der Waals surface area contributed by atoms with Gasteiger partial charge in [0.1, 0.15) is 5.78 Å². The van der Waals surface area contributed by atoms with Gasteiger partial charge in [-0.15, -0.1) is 0 Å². The molecule has 0 saturated heterocycles.